The number of ether oxygens (including phenoxy) is 2. The minimum Gasteiger partial charge on any atom is -0.485 e. The van der Waals surface area contributed by atoms with E-state index in [1.807, 2.05) is 26.0 Å². The summed E-state index contributed by atoms with van der Waals surface area (Å²) in [6.07, 6.45) is 4.29. The van der Waals surface area contributed by atoms with Gasteiger partial charge >= 0.3 is 0 Å². The van der Waals surface area contributed by atoms with E-state index in [1.165, 1.54) is 0 Å². The summed E-state index contributed by atoms with van der Waals surface area (Å²) in [5, 5.41) is 3.32. The van der Waals surface area contributed by atoms with Crippen molar-refractivity contribution in [3.05, 3.63) is 18.3 Å². The number of hydrogen-bond acceptors (Lipinski definition) is 4. The van der Waals surface area contributed by atoms with Gasteiger partial charge < -0.3 is 14.8 Å². The van der Waals surface area contributed by atoms with Crippen molar-refractivity contribution in [1.29, 1.82) is 0 Å². The first kappa shape index (κ1) is 12.2. The Morgan fingerprint density at radius 3 is 3.06 bits per heavy atom. The molecule has 4 nitrogen and oxygen atoms in total. The van der Waals surface area contributed by atoms with Gasteiger partial charge in [0, 0.05) is 12.7 Å². The fourth-order valence-electron chi connectivity index (χ4n) is 1.89. The fourth-order valence-corrected chi connectivity index (χ4v) is 1.89. The molecule has 2 rings (SSSR count). The molecule has 0 radical (unpaired) electrons. The highest BCUT2D eigenvalue weighted by molar-refractivity contribution is 5.32. The van der Waals surface area contributed by atoms with Crippen LogP contribution in [0.25, 0.3) is 0 Å². The van der Waals surface area contributed by atoms with E-state index < -0.39 is 0 Å². The maximum atomic E-state index is 5.89. The molecule has 0 bridgehead atoms. The first-order chi connectivity index (χ1) is 8.25. The Morgan fingerprint density at radius 1 is 1.47 bits per heavy atom. The minimum atomic E-state index is 0.131. The minimum absolute atomic E-state index is 0.131. The molecule has 1 aromatic heterocycles. The summed E-state index contributed by atoms with van der Waals surface area (Å²) in [7, 11) is 0. The Labute approximate surface area is 102 Å². The van der Waals surface area contributed by atoms with Crippen molar-refractivity contribution >= 4 is 0 Å². The van der Waals surface area contributed by atoms with Gasteiger partial charge in [-0.05, 0) is 45.4 Å². The van der Waals surface area contributed by atoms with Crippen LogP contribution in [0.2, 0.25) is 0 Å². The van der Waals surface area contributed by atoms with E-state index in [0.29, 0.717) is 5.88 Å². The van der Waals surface area contributed by atoms with Crippen molar-refractivity contribution in [1.82, 2.24) is 10.3 Å². The second-order valence-electron chi connectivity index (χ2n) is 4.56. The van der Waals surface area contributed by atoms with Gasteiger partial charge in [0.15, 0.2) is 5.75 Å². The third kappa shape index (κ3) is 3.60. The van der Waals surface area contributed by atoms with Crippen LogP contribution < -0.4 is 14.8 Å². The third-order valence-electron chi connectivity index (χ3n) is 2.63. The number of nitrogens with one attached hydrogen (secondary N) is 1. The lowest BCUT2D eigenvalue weighted by Crippen LogP contribution is -2.37. The summed E-state index contributed by atoms with van der Waals surface area (Å²) in [6.45, 7) is 5.97. The molecule has 4 heteroatoms. The average molecular weight is 236 g/mol. The van der Waals surface area contributed by atoms with Crippen LogP contribution in [0.4, 0.5) is 0 Å². The number of nitrogens with zero attached hydrogens (tertiary/aromatic N) is 1. The topological polar surface area (TPSA) is 43.4 Å². The lowest BCUT2D eigenvalue weighted by Gasteiger charge is -2.24. The second kappa shape index (κ2) is 5.87. The van der Waals surface area contributed by atoms with Gasteiger partial charge in [0.25, 0.3) is 5.88 Å². The van der Waals surface area contributed by atoms with Crippen LogP contribution in [0.3, 0.4) is 0 Å². The van der Waals surface area contributed by atoms with Crippen LogP contribution in [-0.4, -0.2) is 30.3 Å². The van der Waals surface area contributed by atoms with Gasteiger partial charge in [0.05, 0.1) is 6.10 Å². The molecule has 2 heterocycles. The monoisotopic (exact) mass is 236 g/mol. The van der Waals surface area contributed by atoms with E-state index in [0.717, 1.165) is 31.7 Å². The van der Waals surface area contributed by atoms with Crippen molar-refractivity contribution < 1.29 is 9.47 Å². The quantitative estimate of drug-likeness (QED) is 0.868. The first-order valence-corrected chi connectivity index (χ1v) is 6.25. The molecular formula is C13H20N2O2. The zero-order chi connectivity index (χ0) is 12.1. The third-order valence-corrected chi connectivity index (χ3v) is 2.63. The van der Waals surface area contributed by atoms with Crippen molar-refractivity contribution in [2.75, 3.05) is 13.1 Å². The van der Waals surface area contributed by atoms with E-state index in [9.17, 15) is 0 Å². The summed E-state index contributed by atoms with van der Waals surface area (Å²) in [6, 6.07) is 3.77. The molecule has 17 heavy (non-hydrogen) atoms. The number of pyridine rings is 1. The molecule has 1 N–H and O–H groups in total. The first-order valence-electron chi connectivity index (χ1n) is 6.25. The predicted octanol–water partition coefficient (Wildman–Crippen LogP) is 2.00. The lowest BCUT2D eigenvalue weighted by molar-refractivity contribution is 0.145. The maximum Gasteiger partial charge on any atom is 0.257 e. The molecule has 1 saturated heterocycles. The normalized spacial score (nSPS) is 20.3. The van der Waals surface area contributed by atoms with E-state index in [2.05, 4.69) is 10.3 Å². The molecule has 1 aliphatic rings. The van der Waals surface area contributed by atoms with Crippen molar-refractivity contribution in [2.45, 2.75) is 38.9 Å². The fraction of sp³-hybridized carbons (Fsp3) is 0.615. The highest BCUT2D eigenvalue weighted by Crippen LogP contribution is 2.26. The van der Waals surface area contributed by atoms with Crippen LogP contribution >= 0.6 is 0 Å². The number of hydrogen-bond donors (Lipinski definition) is 1. The van der Waals surface area contributed by atoms with Crippen LogP contribution in [-0.2, 0) is 0 Å². The summed E-state index contributed by atoms with van der Waals surface area (Å²) >= 11 is 0. The summed E-state index contributed by atoms with van der Waals surface area (Å²) in [4.78, 5) is 4.25. The van der Waals surface area contributed by atoms with Crippen LogP contribution in [0.5, 0.6) is 11.6 Å². The zero-order valence-electron chi connectivity index (χ0n) is 10.5. The Bertz CT molecular complexity index is 349. The standard InChI is InChI=1S/C13H20N2O2/c1-10(2)16-12-6-4-8-15-13(12)17-11-5-3-7-14-9-11/h4,6,8,10-11,14H,3,5,7,9H2,1-2H3/t11-/m0/s1. The molecule has 1 aliphatic heterocycles. The molecule has 94 valence electrons. The Balaban J connectivity index is 2.03. The highest BCUT2D eigenvalue weighted by Gasteiger charge is 2.17. The van der Waals surface area contributed by atoms with Crippen molar-refractivity contribution in [3.63, 3.8) is 0 Å². The number of aromatic nitrogens is 1. The summed E-state index contributed by atoms with van der Waals surface area (Å²) in [5.41, 5.74) is 0. The van der Waals surface area contributed by atoms with Gasteiger partial charge in [0.1, 0.15) is 6.10 Å². The van der Waals surface area contributed by atoms with Gasteiger partial charge in [-0.1, -0.05) is 0 Å². The Kier molecular flexibility index (Phi) is 4.20. The lowest BCUT2D eigenvalue weighted by atomic mass is 10.1. The zero-order valence-corrected chi connectivity index (χ0v) is 10.5. The van der Waals surface area contributed by atoms with Gasteiger partial charge in [0.2, 0.25) is 0 Å². The van der Waals surface area contributed by atoms with E-state index in [-0.39, 0.29) is 12.2 Å². The molecule has 0 amide bonds. The summed E-state index contributed by atoms with van der Waals surface area (Å²) < 4.78 is 11.6. The van der Waals surface area contributed by atoms with Crippen LogP contribution in [0.15, 0.2) is 18.3 Å². The molecule has 0 aromatic carbocycles. The van der Waals surface area contributed by atoms with Crippen LogP contribution in [0.1, 0.15) is 26.7 Å². The number of rotatable bonds is 4. The van der Waals surface area contributed by atoms with Gasteiger partial charge in [-0.25, -0.2) is 4.98 Å². The van der Waals surface area contributed by atoms with Crippen molar-refractivity contribution in [2.24, 2.45) is 0 Å². The molecule has 1 fully saturated rings. The van der Waals surface area contributed by atoms with E-state index in [4.69, 9.17) is 9.47 Å². The SMILES string of the molecule is CC(C)Oc1cccnc1O[C@H]1CCCNC1. The molecule has 0 saturated carbocycles. The molecule has 1 atom stereocenters. The predicted molar refractivity (Wildman–Crippen MR) is 66.5 cm³/mol. The number of piperidine rings is 1. The van der Waals surface area contributed by atoms with E-state index >= 15 is 0 Å². The van der Waals surface area contributed by atoms with E-state index in [1.54, 1.807) is 6.20 Å². The summed E-state index contributed by atoms with van der Waals surface area (Å²) in [5.74, 6) is 1.34. The second-order valence-corrected chi connectivity index (χ2v) is 4.56. The Morgan fingerprint density at radius 2 is 2.35 bits per heavy atom. The van der Waals surface area contributed by atoms with Crippen LogP contribution in [0, 0.1) is 0 Å². The maximum absolute atomic E-state index is 5.89. The van der Waals surface area contributed by atoms with Gasteiger partial charge in [-0.2, -0.15) is 0 Å². The molecular weight excluding hydrogens is 216 g/mol. The average Bonchev–Trinajstić information content (AvgIpc) is 2.32. The van der Waals surface area contributed by atoms with Crippen molar-refractivity contribution in [3.8, 4) is 11.6 Å². The Hall–Kier alpha value is -1.29. The largest absolute Gasteiger partial charge is 0.485 e. The molecule has 0 unspecified atom stereocenters. The smallest absolute Gasteiger partial charge is 0.257 e. The molecule has 0 spiro atoms. The van der Waals surface area contributed by atoms with Gasteiger partial charge in [-0.3, -0.25) is 0 Å². The van der Waals surface area contributed by atoms with Gasteiger partial charge in [-0.15, -0.1) is 0 Å². The molecule has 0 aliphatic carbocycles. The highest BCUT2D eigenvalue weighted by atomic mass is 16.5. The molecule has 1 aromatic rings.